The standard InChI is InChI=1S/C12H14F3NO2/c1-8-2-5-11(18-12(13,14)15)6-9(8)3-4-10(17)7-16/h2,5-6H,3-4,7,16H2,1H3. The summed E-state index contributed by atoms with van der Waals surface area (Å²) in [5.41, 5.74) is 6.63. The SMILES string of the molecule is Cc1ccc(OC(F)(F)F)cc1CCC(=O)CN. The van der Waals surface area contributed by atoms with Gasteiger partial charge >= 0.3 is 6.36 Å². The quantitative estimate of drug-likeness (QED) is 0.885. The summed E-state index contributed by atoms with van der Waals surface area (Å²) < 4.78 is 40.0. The molecule has 3 nitrogen and oxygen atoms in total. The van der Waals surface area contributed by atoms with Crippen molar-refractivity contribution in [3.05, 3.63) is 29.3 Å². The third-order valence-corrected chi connectivity index (χ3v) is 2.46. The number of ketones is 1. The molecule has 100 valence electrons. The first-order valence-corrected chi connectivity index (χ1v) is 5.39. The second kappa shape index (κ2) is 5.86. The van der Waals surface area contributed by atoms with E-state index in [9.17, 15) is 18.0 Å². The molecule has 0 aliphatic rings. The van der Waals surface area contributed by atoms with Crippen molar-refractivity contribution < 1.29 is 22.7 Å². The average Bonchev–Trinajstić information content (AvgIpc) is 2.27. The van der Waals surface area contributed by atoms with Crippen molar-refractivity contribution in [3.8, 4) is 5.75 Å². The maximum absolute atomic E-state index is 12.0. The van der Waals surface area contributed by atoms with Gasteiger partial charge in [-0.25, -0.2) is 0 Å². The molecule has 0 aliphatic carbocycles. The smallest absolute Gasteiger partial charge is 0.406 e. The Morgan fingerprint density at radius 3 is 2.61 bits per heavy atom. The molecule has 0 bridgehead atoms. The molecule has 1 aromatic carbocycles. The Bertz CT molecular complexity index is 430. The highest BCUT2D eigenvalue weighted by atomic mass is 19.4. The lowest BCUT2D eigenvalue weighted by Crippen LogP contribution is -2.17. The first kappa shape index (κ1) is 14.5. The fourth-order valence-corrected chi connectivity index (χ4v) is 1.49. The van der Waals surface area contributed by atoms with Gasteiger partial charge in [0, 0.05) is 6.42 Å². The third-order valence-electron chi connectivity index (χ3n) is 2.46. The molecule has 0 aromatic heterocycles. The minimum atomic E-state index is -4.71. The van der Waals surface area contributed by atoms with Crippen LogP contribution < -0.4 is 10.5 Å². The zero-order valence-electron chi connectivity index (χ0n) is 9.88. The van der Waals surface area contributed by atoms with Gasteiger partial charge in [-0.1, -0.05) is 6.07 Å². The number of nitrogens with two attached hydrogens (primary N) is 1. The zero-order chi connectivity index (χ0) is 13.8. The van der Waals surface area contributed by atoms with Crippen molar-refractivity contribution in [2.45, 2.75) is 26.1 Å². The number of halogens is 3. The number of benzene rings is 1. The first-order valence-electron chi connectivity index (χ1n) is 5.39. The molecule has 0 saturated carbocycles. The number of hydrogen-bond donors (Lipinski definition) is 1. The van der Waals surface area contributed by atoms with Crippen molar-refractivity contribution >= 4 is 5.78 Å². The normalized spacial score (nSPS) is 11.4. The Hall–Kier alpha value is -1.56. The summed E-state index contributed by atoms with van der Waals surface area (Å²) in [6, 6.07) is 4.08. The first-order chi connectivity index (χ1) is 8.31. The second-order valence-corrected chi connectivity index (χ2v) is 3.88. The number of ether oxygens (including phenoxy) is 1. The minimum Gasteiger partial charge on any atom is -0.406 e. The summed E-state index contributed by atoms with van der Waals surface area (Å²) in [6.07, 6.45) is -4.14. The van der Waals surface area contributed by atoms with E-state index < -0.39 is 6.36 Å². The average molecular weight is 261 g/mol. The molecule has 0 unspecified atom stereocenters. The predicted octanol–water partition coefficient (Wildman–Crippen LogP) is 2.35. The van der Waals surface area contributed by atoms with E-state index in [0.717, 1.165) is 5.56 Å². The Morgan fingerprint density at radius 1 is 1.39 bits per heavy atom. The predicted molar refractivity (Wildman–Crippen MR) is 60.2 cm³/mol. The molecule has 6 heteroatoms. The van der Waals surface area contributed by atoms with Gasteiger partial charge in [0.2, 0.25) is 0 Å². The molecule has 1 aromatic rings. The summed E-state index contributed by atoms with van der Waals surface area (Å²) in [5, 5.41) is 0. The Balaban J connectivity index is 2.78. The van der Waals surface area contributed by atoms with Crippen LogP contribution in [-0.2, 0) is 11.2 Å². The number of rotatable bonds is 5. The van der Waals surface area contributed by atoms with Gasteiger partial charge in [-0.3, -0.25) is 4.79 Å². The number of alkyl halides is 3. The van der Waals surface area contributed by atoms with E-state index in [2.05, 4.69) is 4.74 Å². The lowest BCUT2D eigenvalue weighted by molar-refractivity contribution is -0.274. The van der Waals surface area contributed by atoms with Gasteiger partial charge in [-0.2, -0.15) is 0 Å². The van der Waals surface area contributed by atoms with Crippen LogP contribution in [0.25, 0.3) is 0 Å². The molecular weight excluding hydrogens is 247 g/mol. The molecule has 0 aliphatic heterocycles. The highest BCUT2D eigenvalue weighted by Crippen LogP contribution is 2.25. The number of hydrogen-bond acceptors (Lipinski definition) is 3. The van der Waals surface area contributed by atoms with Crippen LogP contribution in [0.4, 0.5) is 13.2 Å². The zero-order valence-corrected chi connectivity index (χ0v) is 9.88. The number of aryl methyl sites for hydroxylation is 2. The topological polar surface area (TPSA) is 52.3 Å². The monoisotopic (exact) mass is 261 g/mol. The van der Waals surface area contributed by atoms with E-state index in [-0.39, 0.29) is 24.5 Å². The molecule has 0 radical (unpaired) electrons. The molecule has 0 saturated heterocycles. The molecule has 18 heavy (non-hydrogen) atoms. The van der Waals surface area contributed by atoms with Crippen LogP contribution in [0.2, 0.25) is 0 Å². The fourth-order valence-electron chi connectivity index (χ4n) is 1.49. The Labute approximate surface area is 103 Å². The summed E-state index contributed by atoms with van der Waals surface area (Å²) in [5.74, 6) is -0.403. The Morgan fingerprint density at radius 2 is 2.06 bits per heavy atom. The van der Waals surface area contributed by atoms with Crippen LogP contribution in [0.3, 0.4) is 0 Å². The van der Waals surface area contributed by atoms with Gasteiger partial charge in [-0.15, -0.1) is 13.2 Å². The highest BCUT2D eigenvalue weighted by Gasteiger charge is 2.31. The van der Waals surface area contributed by atoms with E-state index >= 15 is 0 Å². The summed E-state index contributed by atoms with van der Waals surface area (Å²) in [4.78, 5) is 11.1. The van der Waals surface area contributed by atoms with Crippen LogP contribution in [0.5, 0.6) is 5.75 Å². The van der Waals surface area contributed by atoms with E-state index in [1.807, 2.05) is 0 Å². The summed E-state index contributed by atoms with van der Waals surface area (Å²) >= 11 is 0. The number of carbonyl (C=O) groups excluding carboxylic acids is 1. The molecule has 1 rings (SSSR count). The van der Waals surface area contributed by atoms with Crippen LogP contribution in [0.1, 0.15) is 17.5 Å². The second-order valence-electron chi connectivity index (χ2n) is 3.88. The molecule has 0 fully saturated rings. The summed E-state index contributed by atoms with van der Waals surface area (Å²) in [7, 11) is 0. The summed E-state index contributed by atoms with van der Waals surface area (Å²) in [6.45, 7) is 1.71. The number of carbonyl (C=O) groups is 1. The fraction of sp³-hybridized carbons (Fsp3) is 0.417. The van der Waals surface area contributed by atoms with Crippen molar-refractivity contribution in [2.75, 3.05) is 6.54 Å². The van der Waals surface area contributed by atoms with Crippen molar-refractivity contribution in [3.63, 3.8) is 0 Å². The van der Waals surface area contributed by atoms with Crippen LogP contribution in [-0.4, -0.2) is 18.7 Å². The number of Topliss-reactive ketones (excluding diaryl/α,β-unsaturated/α-hetero) is 1. The maximum atomic E-state index is 12.0. The van der Waals surface area contributed by atoms with E-state index in [4.69, 9.17) is 5.73 Å². The largest absolute Gasteiger partial charge is 0.573 e. The van der Waals surface area contributed by atoms with Gasteiger partial charge in [0.25, 0.3) is 0 Å². The van der Waals surface area contributed by atoms with Gasteiger partial charge in [0.05, 0.1) is 6.54 Å². The van der Waals surface area contributed by atoms with E-state index in [1.54, 1.807) is 6.92 Å². The molecule has 0 heterocycles. The Kier molecular flexibility index (Phi) is 4.72. The van der Waals surface area contributed by atoms with Crippen LogP contribution >= 0.6 is 0 Å². The van der Waals surface area contributed by atoms with Gasteiger partial charge in [0.1, 0.15) is 11.5 Å². The maximum Gasteiger partial charge on any atom is 0.573 e. The minimum absolute atomic E-state index is 0.0577. The van der Waals surface area contributed by atoms with Gasteiger partial charge in [0.15, 0.2) is 0 Å². The lowest BCUT2D eigenvalue weighted by Gasteiger charge is -2.11. The van der Waals surface area contributed by atoms with E-state index in [1.165, 1.54) is 18.2 Å². The van der Waals surface area contributed by atoms with Gasteiger partial charge < -0.3 is 10.5 Å². The molecular formula is C12H14F3NO2. The van der Waals surface area contributed by atoms with Crippen LogP contribution in [0, 0.1) is 6.92 Å². The third kappa shape index (κ3) is 4.75. The van der Waals surface area contributed by atoms with Crippen molar-refractivity contribution in [2.24, 2.45) is 5.73 Å². The van der Waals surface area contributed by atoms with Crippen LogP contribution in [0.15, 0.2) is 18.2 Å². The lowest BCUT2D eigenvalue weighted by atomic mass is 10.0. The van der Waals surface area contributed by atoms with Gasteiger partial charge in [-0.05, 0) is 36.6 Å². The highest BCUT2D eigenvalue weighted by molar-refractivity contribution is 5.80. The van der Waals surface area contributed by atoms with Crippen molar-refractivity contribution in [1.29, 1.82) is 0 Å². The molecule has 2 N–H and O–H groups in total. The molecule has 0 amide bonds. The molecule has 0 atom stereocenters. The van der Waals surface area contributed by atoms with E-state index in [0.29, 0.717) is 12.0 Å². The molecule has 0 spiro atoms. The van der Waals surface area contributed by atoms with Crippen molar-refractivity contribution in [1.82, 2.24) is 0 Å².